The first-order valence-corrected chi connectivity index (χ1v) is 7.20. The molecule has 0 amide bonds. The van der Waals surface area contributed by atoms with Gasteiger partial charge in [-0.3, -0.25) is 0 Å². The molecule has 0 radical (unpaired) electrons. The number of aryl methyl sites for hydroxylation is 3. The lowest BCUT2D eigenvalue weighted by atomic mass is 10.0. The normalized spacial score (nSPS) is 11.0. The van der Waals surface area contributed by atoms with Crippen LogP contribution in [0.4, 0.5) is 0 Å². The summed E-state index contributed by atoms with van der Waals surface area (Å²) in [5.74, 6) is -0.989. The largest absolute Gasteiger partial charge is 0.477 e. The molecule has 0 saturated carbocycles. The summed E-state index contributed by atoms with van der Waals surface area (Å²) < 4.78 is 1.63. The van der Waals surface area contributed by atoms with Crippen molar-refractivity contribution >= 4 is 11.6 Å². The lowest BCUT2D eigenvalue weighted by Gasteiger charge is -2.07. The Hall–Kier alpha value is -2.69. The quantitative estimate of drug-likeness (QED) is 0.805. The molecule has 22 heavy (non-hydrogen) atoms. The zero-order valence-electron chi connectivity index (χ0n) is 12.8. The van der Waals surface area contributed by atoms with Gasteiger partial charge in [-0.1, -0.05) is 19.1 Å². The predicted molar refractivity (Wildman–Crippen MR) is 84.2 cm³/mol. The van der Waals surface area contributed by atoms with Crippen molar-refractivity contribution in [3.8, 4) is 11.3 Å². The zero-order chi connectivity index (χ0) is 15.9. The summed E-state index contributed by atoms with van der Waals surface area (Å²) in [5, 5.41) is 13.9. The van der Waals surface area contributed by atoms with Crippen molar-refractivity contribution in [2.75, 3.05) is 0 Å². The minimum atomic E-state index is -0.989. The summed E-state index contributed by atoms with van der Waals surface area (Å²) in [4.78, 5) is 15.7. The van der Waals surface area contributed by atoms with Crippen LogP contribution in [0.1, 0.15) is 34.1 Å². The molecule has 5 nitrogen and oxygen atoms in total. The van der Waals surface area contributed by atoms with Gasteiger partial charge >= 0.3 is 5.97 Å². The van der Waals surface area contributed by atoms with Crippen LogP contribution in [-0.4, -0.2) is 25.7 Å². The topological polar surface area (TPSA) is 67.5 Å². The van der Waals surface area contributed by atoms with Gasteiger partial charge in [0.15, 0.2) is 5.65 Å². The number of fused-ring (bicyclic) bond motifs is 1. The Bertz CT molecular complexity index is 881. The van der Waals surface area contributed by atoms with Crippen molar-refractivity contribution in [1.29, 1.82) is 0 Å². The van der Waals surface area contributed by atoms with Gasteiger partial charge in [-0.25, -0.2) is 14.3 Å². The second kappa shape index (κ2) is 5.26. The van der Waals surface area contributed by atoms with Crippen LogP contribution in [0, 0.1) is 13.8 Å². The number of aromatic nitrogens is 3. The van der Waals surface area contributed by atoms with Gasteiger partial charge in [-0.2, -0.15) is 5.10 Å². The summed E-state index contributed by atoms with van der Waals surface area (Å²) in [5.41, 5.74) is 5.37. The summed E-state index contributed by atoms with van der Waals surface area (Å²) in [7, 11) is 0. The number of hydrogen-bond acceptors (Lipinski definition) is 3. The lowest BCUT2D eigenvalue weighted by Crippen LogP contribution is -2.01. The van der Waals surface area contributed by atoms with Crippen LogP contribution >= 0.6 is 0 Å². The third kappa shape index (κ3) is 2.15. The number of carbonyl (C=O) groups is 1. The van der Waals surface area contributed by atoms with E-state index in [0.29, 0.717) is 17.8 Å². The Balaban J connectivity index is 2.31. The summed E-state index contributed by atoms with van der Waals surface area (Å²) in [6.45, 7) is 6.01. The molecule has 2 aromatic heterocycles. The van der Waals surface area contributed by atoms with E-state index in [1.165, 1.54) is 11.1 Å². The van der Waals surface area contributed by atoms with Crippen LogP contribution < -0.4 is 0 Å². The molecule has 0 unspecified atom stereocenters. The zero-order valence-corrected chi connectivity index (χ0v) is 12.8. The third-order valence-electron chi connectivity index (χ3n) is 3.94. The fourth-order valence-corrected chi connectivity index (χ4v) is 2.58. The first-order chi connectivity index (χ1) is 10.5. The molecule has 3 rings (SSSR count). The standard InChI is InChI=1S/C17H17N3O2/c1-4-13-15(17(21)22)16-18-8-7-14(20(16)19-13)12-6-5-10(2)11(3)9-12/h5-9H,4H2,1-3H3,(H,21,22). The van der Waals surface area contributed by atoms with Crippen LogP contribution in [0.25, 0.3) is 16.9 Å². The second-order valence-electron chi connectivity index (χ2n) is 5.34. The molecule has 2 heterocycles. The number of carboxylic acid groups (broad SMARTS) is 1. The van der Waals surface area contributed by atoms with E-state index in [-0.39, 0.29) is 5.56 Å². The Labute approximate surface area is 128 Å². The van der Waals surface area contributed by atoms with Crippen LogP contribution in [0.3, 0.4) is 0 Å². The summed E-state index contributed by atoms with van der Waals surface area (Å²) >= 11 is 0. The molecule has 0 bridgehead atoms. The van der Waals surface area contributed by atoms with Crippen LogP contribution in [0.5, 0.6) is 0 Å². The second-order valence-corrected chi connectivity index (χ2v) is 5.34. The number of hydrogen-bond donors (Lipinski definition) is 1. The minimum Gasteiger partial charge on any atom is -0.477 e. The van der Waals surface area contributed by atoms with E-state index in [1.807, 2.05) is 19.1 Å². The van der Waals surface area contributed by atoms with Gasteiger partial charge in [0.2, 0.25) is 0 Å². The Morgan fingerprint density at radius 1 is 1.23 bits per heavy atom. The maximum atomic E-state index is 11.5. The molecule has 0 atom stereocenters. The van der Waals surface area contributed by atoms with Gasteiger partial charge in [-0.15, -0.1) is 0 Å². The van der Waals surface area contributed by atoms with E-state index < -0.39 is 5.97 Å². The molecule has 0 spiro atoms. The number of rotatable bonds is 3. The molecular weight excluding hydrogens is 278 g/mol. The first kappa shape index (κ1) is 14.3. The molecule has 5 heteroatoms. The van der Waals surface area contributed by atoms with Crippen molar-refractivity contribution in [3.63, 3.8) is 0 Å². The number of aromatic carboxylic acids is 1. The van der Waals surface area contributed by atoms with E-state index >= 15 is 0 Å². The molecule has 0 aliphatic heterocycles. The van der Waals surface area contributed by atoms with Crippen molar-refractivity contribution < 1.29 is 9.90 Å². The number of carboxylic acids is 1. The average Bonchev–Trinajstić information content (AvgIpc) is 2.88. The fourth-order valence-electron chi connectivity index (χ4n) is 2.58. The highest BCUT2D eigenvalue weighted by molar-refractivity contribution is 5.96. The van der Waals surface area contributed by atoms with E-state index in [4.69, 9.17) is 0 Å². The van der Waals surface area contributed by atoms with Gasteiger partial charge in [0.05, 0.1) is 11.4 Å². The van der Waals surface area contributed by atoms with Crippen molar-refractivity contribution in [2.24, 2.45) is 0 Å². The highest BCUT2D eigenvalue weighted by Crippen LogP contribution is 2.25. The molecule has 1 aromatic carbocycles. The van der Waals surface area contributed by atoms with Crippen LogP contribution in [0.15, 0.2) is 30.5 Å². The highest BCUT2D eigenvalue weighted by Gasteiger charge is 2.20. The molecular formula is C17H17N3O2. The molecule has 0 saturated heterocycles. The first-order valence-electron chi connectivity index (χ1n) is 7.20. The minimum absolute atomic E-state index is 0.188. The van der Waals surface area contributed by atoms with Gasteiger partial charge in [0, 0.05) is 11.8 Å². The monoisotopic (exact) mass is 295 g/mol. The number of nitrogens with zero attached hydrogens (tertiary/aromatic N) is 3. The Kier molecular flexibility index (Phi) is 3.41. The highest BCUT2D eigenvalue weighted by atomic mass is 16.4. The fraction of sp³-hybridized carbons (Fsp3) is 0.235. The number of benzene rings is 1. The van der Waals surface area contributed by atoms with Gasteiger partial charge in [0.25, 0.3) is 0 Å². The van der Waals surface area contributed by atoms with E-state index in [1.54, 1.807) is 10.7 Å². The molecule has 112 valence electrons. The average molecular weight is 295 g/mol. The Morgan fingerprint density at radius 2 is 2.00 bits per heavy atom. The summed E-state index contributed by atoms with van der Waals surface area (Å²) in [6.07, 6.45) is 2.19. The smallest absolute Gasteiger partial charge is 0.341 e. The molecule has 1 N–H and O–H groups in total. The van der Waals surface area contributed by atoms with E-state index in [9.17, 15) is 9.90 Å². The van der Waals surface area contributed by atoms with Crippen molar-refractivity contribution in [2.45, 2.75) is 27.2 Å². The molecule has 0 fully saturated rings. The van der Waals surface area contributed by atoms with Crippen molar-refractivity contribution in [3.05, 3.63) is 52.8 Å². The van der Waals surface area contributed by atoms with E-state index in [0.717, 1.165) is 11.3 Å². The molecule has 3 aromatic rings. The van der Waals surface area contributed by atoms with Gasteiger partial charge < -0.3 is 5.11 Å². The van der Waals surface area contributed by atoms with Gasteiger partial charge in [-0.05, 0) is 43.5 Å². The SMILES string of the molecule is CCc1nn2c(-c3ccc(C)c(C)c3)ccnc2c1C(=O)O. The lowest BCUT2D eigenvalue weighted by molar-refractivity contribution is 0.0697. The third-order valence-corrected chi connectivity index (χ3v) is 3.94. The molecule has 0 aliphatic rings. The van der Waals surface area contributed by atoms with Crippen molar-refractivity contribution in [1.82, 2.24) is 14.6 Å². The van der Waals surface area contributed by atoms with Crippen LogP contribution in [0.2, 0.25) is 0 Å². The summed E-state index contributed by atoms with van der Waals surface area (Å²) in [6, 6.07) is 8.01. The Morgan fingerprint density at radius 3 is 2.64 bits per heavy atom. The predicted octanol–water partition coefficient (Wildman–Crippen LogP) is 3.27. The van der Waals surface area contributed by atoms with Gasteiger partial charge in [0.1, 0.15) is 5.56 Å². The maximum Gasteiger partial charge on any atom is 0.341 e. The van der Waals surface area contributed by atoms with Crippen LogP contribution in [-0.2, 0) is 6.42 Å². The maximum absolute atomic E-state index is 11.5. The van der Waals surface area contributed by atoms with E-state index in [2.05, 4.69) is 36.1 Å². The molecule has 0 aliphatic carbocycles.